The Kier molecular flexibility index (Phi) is 6.27. The van der Waals surface area contributed by atoms with Gasteiger partial charge in [0.15, 0.2) is 0 Å². The van der Waals surface area contributed by atoms with Crippen LogP contribution in [-0.2, 0) is 4.28 Å². The van der Waals surface area contributed by atoms with E-state index >= 15 is 0 Å². The van der Waals surface area contributed by atoms with Crippen LogP contribution in [0.5, 0.6) is 0 Å². The molecule has 0 atom stereocenters. The number of hydrogen-bond acceptors (Lipinski definition) is 0. The van der Waals surface area contributed by atoms with Crippen LogP contribution >= 0.6 is 0 Å². The van der Waals surface area contributed by atoms with Gasteiger partial charge in [0, 0.05) is 0 Å². The van der Waals surface area contributed by atoms with E-state index < -0.39 is 6.35 Å². The highest BCUT2D eigenvalue weighted by Gasteiger charge is 2.52. The van der Waals surface area contributed by atoms with Gasteiger partial charge in [-0.15, -0.1) is 10.9 Å². The molecule has 1 aliphatic carbocycles. The zero-order chi connectivity index (χ0) is 28.1. The van der Waals surface area contributed by atoms with Crippen molar-refractivity contribution in [3.63, 3.8) is 0 Å². The fourth-order valence-corrected chi connectivity index (χ4v) is 8.39. The van der Waals surface area contributed by atoms with E-state index in [9.17, 15) is 0 Å². The van der Waals surface area contributed by atoms with Gasteiger partial charge in [-0.3, -0.25) is 0 Å². The van der Waals surface area contributed by atoms with Crippen LogP contribution in [0.25, 0.3) is 37.8 Å². The highest BCUT2D eigenvalue weighted by Crippen LogP contribution is 2.46. The van der Waals surface area contributed by atoms with Gasteiger partial charge in [-0.1, -0.05) is 152 Å². The van der Waals surface area contributed by atoms with Crippen LogP contribution < -0.4 is 10.9 Å². The van der Waals surface area contributed by atoms with E-state index in [0.717, 1.165) is 6.61 Å². The van der Waals surface area contributed by atoms with Crippen LogP contribution in [-0.4, -0.2) is 20.1 Å². The van der Waals surface area contributed by atoms with Crippen molar-refractivity contribution in [3.05, 3.63) is 139 Å². The zero-order valence-electron chi connectivity index (χ0n) is 24.4. The Balaban J connectivity index is 1.47. The van der Waals surface area contributed by atoms with Crippen molar-refractivity contribution in [3.8, 4) is 0 Å². The van der Waals surface area contributed by atoms with E-state index in [2.05, 4.69) is 139 Å². The Labute approximate surface area is 249 Å². The third kappa shape index (κ3) is 4.04. The molecule has 2 aliphatic rings. The Morgan fingerprint density at radius 1 is 0.524 bits per heavy atom. The molecule has 206 valence electrons. The van der Waals surface area contributed by atoms with Crippen LogP contribution in [0.4, 0.5) is 0 Å². The first kappa shape index (κ1) is 25.6. The molecule has 1 aliphatic heterocycles. The first-order chi connectivity index (χ1) is 20.7. The second-order valence-electron chi connectivity index (χ2n) is 12.7. The monoisotopic (exact) mass is 544 g/mol. The molecule has 0 aromatic heterocycles. The molecule has 0 spiro atoms. The van der Waals surface area contributed by atoms with Gasteiger partial charge in [-0.2, -0.15) is 0 Å². The predicted molar refractivity (Wildman–Crippen MR) is 182 cm³/mol. The molecule has 2 heteroatoms. The van der Waals surface area contributed by atoms with Crippen LogP contribution in [0.2, 0.25) is 0 Å². The maximum absolute atomic E-state index is 3.83. The molecule has 0 bridgehead atoms. The van der Waals surface area contributed by atoms with E-state index in [-0.39, 0.29) is 0 Å². The molecule has 1 heterocycles. The lowest BCUT2D eigenvalue weighted by atomic mass is 9.26. The summed E-state index contributed by atoms with van der Waals surface area (Å²) in [6, 6.07) is 48.1. The fourth-order valence-electron chi connectivity index (χ4n) is 8.39. The van der Waals surface area contributed by atoms with Crippen molar-refractivity contribution < 1.29 is 4.28 Å². The highest BCUT2D eigenvalue weighted by molar-refractivity contribution is 7.12. The SMILES string of the molecule is C[O+]1CC(C2CCCCC2)=C(c2ccc3ccccc3c2)[B-]1(c1ccc2ccccc2c1)c1ccc2ccccc2c1. The molecule has 0 N–H and O–H groups in total. The van der Waals surface area contributed by atoms with E-state index in [1.807, 2.05) is 0 Å². The predicted octanol–water partition coefficient (Wildman–Crippen LogP) is 8.97. The van der Waals surface area contributed by atoms with Gasteiger partial charge < -0.3 is 4.28 Å². The summed E-state index contributed by atoms with van der Waals surface area (Å²) < 4.78 is 3.83. The standard InChI is InChI=1S/C40H37BO/c1-42-28-39(32-14-3-2-4-15-32)40(36-20-19-29-11-5-8-16-33(29)25-36)41(42,37-23-21-30-12-6-9-17-34(30)26-37)38-24-22-31-13-7-10-18-35(31)27-38/h5-13,16-27,32H,2-4,14-15,28H2,1H3. The molecule has 0 unspecified atom stereocenters. The minimum Gasteiger partial charge on any atom is -0.659 e. The third-order valence-electron chi connectivity index (χ3n) is 10.4. The van der Waals surface area contributed by atoms with Crippen molar-refractivity contribution in [1.82, 2.24) is 0 Å². The van der Waals surface area contributed by atoms with Crippen LogP contribution in [0, 0.1) is 5.92 Å². The van der Waals surface area contributed by atoms with E-state index in [1.54, 1.807) is 5.57 Å². The summed E-state index contributed by atoms with van der Waals surface area (Å²) >= 11 is 0. The van der Waals surface area contributed by atoms with E-state index in [1.165, 1.54) is 86.4 Å². The van der Waals surface area contributed by atoms with Crippen LogP contribution in [0.15, 0.2) is 133 Å². The normalized spacial score (nSPS) is 17.9. The maximum Gasteiger partial charge on any atom is 0.377 e. The summed E-state index contributed by atoms with van der Waals surface area (Å²) in [6.45, 7) is 0.937. The van der Waals surface area contributed by atoms with Crippen molar-refractivity contribution >= 4 is 55.1 Å². The first-order valence-corrected chi connectivity index (χ1v) is 15.7. The van der Waals surface area contributed by atoms with Gasteiger partial charge in [-0.05, 0) is 62.7 Å². The maximum atomic E-state index is 3.83. The fraction of sp³-hybridized carbons (Fsp3) is 0.200. The molecular weight excluding hydrogens is 507 g/mol. The molecule has 42 heavy (non-hydrogen) atoms. The van der Waals surface area contributed by atoms with Gasteiger partial charge in [0.1, 0.15) is 6.61 Å². The largest absolute Gasteiger partial charge is 0.659 e. The molecule has 1 fully saturated rings. The minimum absolute atomic E-state index is 0.625. The molecular formula is C40H37BO. The summed E-state index contributed by atoms with van der Waals surface area (Å²) in [6.07, 6.45) is 5.14. The molecule has 1 nitrogen and oxygen atoms in total. The average Bonchev–Trinajstić information content (AvgIpc) is 3.37. The lowest BCUT2D eigenvalue weighted by Crippen LogP contribution is -2.64. The Bertz CT molecular complexity index is 1900. The lowest BCUT2D eigenvalue weighted by Gasteiger charge is -2.43. The summed E-state index contributed by atoms with van der Waals surface area (Å²) in [7, 11) is 2.31. The van der Waals surface area contributed by atoms with Crippen molar-refractivity contribution in [2.75, 3.05) is 13.7 Å². The van der Waals surface area contributed by atoms with Gasteiger partial charge in [0.05, 0.1) is 7.11 Å². The number of fused-ring (bicyclic) bond motifs is 3. The van der Waals surface area contributed by atoms with Crippen LogP contribution in [0.3, 0.4) is 0 Å². The van der Waals surface area contributed by atoms with Gasteiger partial charge in [0.2, 0.25) is 0 Å². The molecule has 6 aromatic rings. The smallest absolute Gasteiger partial charge is 0.377 e. The van der Waals surface area contributed by atoms with E-state index in [0.29, 0.717) is 5.92 Å². The second kappa shape index (κ2) is 10.3. The minimum atomic E-state index is -1.48. The Morgan fingerprint density at radius 3 is 1.55 bits per heavy atom. The van der Waals surface area contributed by atoms with Crippen LogP contribution in [0.1, 0.15) is 37.7 Å². The molecule has 8 rings (SSSR count). The topological polar surface area (TPSA) is 2.70 Å². The van der Waals surface area contributed by atoms with Gasteiger partial charge >= 0.3 is 6.35 Å². The Morgan fingerprint density at radius 2 is 1.00 bits per heavy atom. The third-order valence-corrected chi connectivity index (χ3v) is 10.4. The molecule has 0 amide bonds. The van der Waals surface area contributed by atoms with E-state index in [4.69, 9.17) is 0 Å². The zero-order valence-corrected chi connectivity index (χ0v) is 24.4. The molecule has 0 saturated heterocycles. The highest BCUT2D eigenvalue weighted by atomic mass is 16.6. The van der Waals surface area contributed by atoms with Crippen molar-refractivity contribution in [2.45, 2.75) is 32.1 Å². The summed E-state index contributed by atoms with van der Waals surface area (Å²) in [5, 5.41) is 7.80. The van der Waals surface area contributed by atoms with Crippen molar-refractivity contribution in [1.29, 1.82) is 0 Å². The summed E-state index contributed by atoms with van der Waals surface area (Å²) in [5.41, 5.74) is 7.30. The number of rotatable bonds is 4. The van der Waals surface area contributed by atoms with Crippen molar-refractivity contribution in [2.24, 2.45) is 5.92 Å². The Hall–Kier alpha value is -4.14. The molecule has 0 radical (unpaired) electrons. The van der Waals surface area contributed by atoms with Gasteiger partial charge in [0.25, 0.3) is 0 Å². The lowest BCUT2D eigenvalue weighted by molar-refractivity contribution is 0.0786. The second-order valence-corrected chi connectivity index (χ2v) is 12.7. The molecule has 1 saturated carbocycles. The summed E-state index contributed by atoms with van der Waals surface area (Å²) in [5.74, 6) is 0.625. The molecule has 6 aromatic carbocycles. The number of benzene rings is 6. The first-order valence-electron chi connectivity index (χ1n) is 15.7. The average molecular weight is 545 g/mol. The number of hydrogen-bond donors (Lipinski definition) is 0. The van der Waals surface area contributed by atoms with Gasteiger partial charge in [-0.25, -0.2) is 0 Å². The quantitative estimate of drug-likeness (QED) is 0.154. The summed E-state index contributed by atoms with van der Waals surface area (Å²) in [4.78, 5) is 0.